The summed E-state index contributed by atoms with van der Waals surface area (Å²) < 4.78 is 6.12. The van der Waals surface area contributed by atoms with Crippen molar-refractivity contribution < 1.29 is 14.6 Å². The van der Waals surface area contributed by atoms with Crippen molar-refractivity contribution in [3.8, 4) is 0 Å². The van der Waals surface area contributed by atoms with Gasteiger partial charge in [-0.05, 0) is 86.2 Å². The Balaban J connectivity index is 1.38. The number of allylic oxidation sites excluding steroid dienone is 1. The number of ether oxygens (including phenoxy) is 1. The van der Waals surface area contributed by atoms with Gasteiger partial charge in [0, 0.05) is 11.8 Å². The minimum absolute atomic E-state index is 0.168. The number of ketones is 1. The van der Waals surface area contributed by atoms with Gasteiger partial charge in [-0.1, -0.05) is 18.6 Å². The minimum atomic E-state index is -0.716. The van der Waals surface area contributed by atoms with Gasteiger partial charge in [-0.25, -0.2) is 0 Å². The van der Waals surface area contributed by atoms with Crippen LogP contribution in [-0.4, -0.2) is 22.8 Å². The molecule has 25 heavy (non-hydrogen) atoms. The normalized spacial score (nSPS) is 58.4. The fourth-order valence-electron chi connectivity index (χ4n) is 8.04. The van der Waals surface area contributed by atoms with E-state index in [9.17, 15) is 9.90 Å². The minimum Gasteiger partial charge on any atom is -0.365 e. The van der Waals surface area contributed by atoms with Gasteiger partial charge in [0.2, 0.25) is 0 Å². The quantitative estimate of drug-likeness (QED) is 0.685. The molecule has 0 bridgehead atoms. The Morgan fingerprint density at radius 2 is 2.04 bits per heavy atom. The second-order valence-electron chi connectivity index (χ2n) is 9.86. The van der Waals surface area contributed by atoms with E-state index in [0.717, 1.165) is 42.9 Å². The van der Waals surface area contributed by atoms with E-state index in [1.54, 1.807) is 0 Å². The zero-order chi connectivity index (χ0) is 17.0. The molecule has 6 rings (SSSR count). The van der Waals surface area contributed by atoms with Crippen LogP contribution >= 0.6 is 0 Å². The van der Waals surface area contributed by atoms with E-state index < -0.39 is 6.29 Å². The molecule has 4 unspecified atom stereocenters. The van der Waals surface area contributed by atoms with Crippen LogP contribution in [0, 0.1) is 40.9 Å². The molecule has 0 radical (unpaired) electrons. The van der Waals surface area contributed by atoms with Crippen LogP contribution in [0.5, 0.6) is 0 Å². The van der Waals surface area contributed by atoms with E-state index in [2.05, 4.69) is 13.0 Å². The summed E-state index contributed by atoms with van der Waals surface area (Å²) in [5.41, 5.74) is 1.47. The molecule has 4 saturated carbocycles. The van der Waals surface area contributed by atoms with Crippen molar-refractivity contribution in [3.63, 3.8) is 0 Å². The molecule has 0 aromatic carbocycles. The molecule has 1 N–H and O–H groups in total. The number of rotatable bonds is 0. The third-order valence-corrected chi connectivity index (χ3v) is 9.17. The van der Waals surface area contributed by atoms with Gasteiger partial charge in [0.25, 0.3) is 0 Å². The molecule has 9 atom stereocenters. The predicted octanol–water partition coefficient (Wildman–Crippen LogP) is 3.63. The molecule has 5 aliphatic carbocycles. The van der Waals surface area contributed by atoms with Gasteiger partial charge in [-0.3, -0.25) is 4.79 Å². The molecule has 1 spiro atoms. The van der Waals surface area contributed by atoms with Crippen molar-refractivity contribution in [3.05, 3.63) is 23.8 Å². The highest BCUT2D eigenvalue weighted by molar-refractivity contribution is 5.91. The second kappa shape index (κ2) is 4.67. The highest BCUT2D eigenvalue weighted by atomic mass is 16.6. The Bertz CT molecular complexity index is 708. The van der Waals surface area contributed by atoms with Gasteiger partial charge in [0.1, 0.15) is 0 Å². The van der Waals surface area contributed by atoms with Crippen LogP contribution in [0.4, 0.5) is 0 Å². The van der Waals surface area contributed by atoms with Gasteiger partial charge in [0.05, 0.1) is 5.60 Å². The number of hydrogen-bond acceptors (Lipinski definition) is 3. The number of carbonyl (C=O) groups is 1. The molecular weight excluding hydrogens is 312 g/mol. The first kappa shape index (κ1) is 15.2. The summed E-state index contributed by atoms with van der Waals surface area (Å²) in [5.74, 6) is 4.89. The number of aliphatic hydroxyl groups is 1. The smallest absolute Gasteiger partial charge is 0.175 e. The van der Waals surface area contributed by atoms with Crippen LogP contribution in [0.3, 0.4) is 0 Å². The van der Waals surface area contributed by atoms with Crippen LogP contribution in [-0.2, 0) is 9.53 Å². The lowest BCUT2D eigenvalue weighted by Crippen LogP contribution is -2.53. The van der Waals surface area contributed by atoms with Gasteiger partial charge in [-0.15, -0.1) is 0 Å². The van der Waals surface area contributed by atoms with E-state index >= 15 is 0 Å². The Labute approximate surface area is 149 Å². The first-order valence-corrected chi connectivity index (χ1v) is 10.3. The van der Waals surface area contributed by atoms with Gasteiger partial charge >= 0.3 is 0 Å². The highest BCUT2D eigenvalue weighted by Crippen LogP contribution is 2.72. The highest BCUT2D eigenvalue weighted by Gasteiger charge is 2.68. The largest absolute Gasteiger partial charge is 0.365 e. The Kier molecular flexibility index (Phi) is 2.83. The molecule has 1 aliphatic heterocycles. The summed E-state index contributed by atoms with van der Waals surface area (Å²) in [6.45, 7) is 2.44. The van der Waals surface area contributed by atoms with E-state index in [0.29, 0.717) is 17.6 Å². The maximum Gasteiger partial charge on any atom is 0.175 e. The summed E-state index contributed by atoms with van der Waals surface area (Å²) in [4.78, 5) is 12.0. The third kappa shape index (κ3) is 1.77. The molecule has 6 aliphatic rings. The van der Waals surface area contributed by atoms with Gasteiger partial charge in [-0.2, -0.15) is 0 Å². The Morgan fingerprint density at radius 1 is 1.16 bits per heavy atom. The van der Waals surface area contributed by atoms with Crippen molar-refractivity contribution >= 4 is 5.78 Å². The number of fused-ring (bicyclic) bond motifs is 9. The number of aliphatic hydroxyl groups excluding tert-OH is 1. The zero-order valence-corrected chi connectivity index (χ0v) is 15.0. The number of carbonyl (C=O) groups excluding carboxylic acids is 1. The van der Waals surface area contributed by atoms with Crippen molar-refractivity contribution in [1.29, 1.82) is 0 Å². The Morgan fingerprint density at radius 3 is 2.84 bits per heavy atom. The van der Waals surface area contributed by atoms with Crippen molar-refractivity contribution in [2.75, 3.05) is 0 Å². The van der Waals surface area contributed by atoms with Gasteiger partial charge in [0.15, 0.2) is 12.1 Å². The van der Waals surface area contributed by atoms with E-state index in [4.69, 9.17) is 4.74 Å². The maximum atomic E-state index is 12.0. The van der Waals surface area contributed by atoms with Gasteiger partial charge < -0.3 is 9.84 Å². The van der Waals surface area contributed by atoms with Crippen molar-refractivity contribution in [2.45, 2.75) is 63.8 Å². The first-order valence-electron chi connectivity index (χ1n) is 10.3. The summed E-state index contributed by atoms with van der Waals surface area (Å²) in [6.07, 6.45) is 13.3. The van der Waals surface area contributed by atoms with Crippen LogP contribution < -0.4 is 0 Å². The second-order valence-corrected chi connectivity index (χ2v) is 9.86. The molecule has 0 amide bonds. The van der Waals surface area contributed by atoms with Crippen LogP contribution in [0.25, 0.3) is 0 Å². The molecule has 134 valence electrons. The average Bonchev–Trinajstić information content (AvgIpc) is 3.23. The molecule has 0 aromatic heterocycles. The third-order valence-electron chi connectivity index (χ3n) is 9.17. The molecule has 3 nitrogen and oxygen atoms in total. The first-order chi connectivity index (χ1) is 12.0. The van der Waals surface area contributed by atoms with Crippen molar-refractivity contribution in [1.82, 2.24) is 0 Å². The molecule has 0 saturated heterocycles. The zero-order valence-electron chi connectivity index (χ0n) is 15.0. The predicted molar refractivity (Wildman–Crippen MR) is 93.4 cm³/mol. The fraction of sp³-hybridized carbons (Fsp3) is 0.773. The lowest BCUT2D eigenvalue weighted by atomic mass is 9.50. The van der Waals surface area contributed by atoms with Crippen LogP contribution in [0.1, 0.15) is 51.9 Å². The average molecular weight is 340 g/mol. The summed E-state index contributed by atoms with van der Waals surface area (Å²) in [6, 6.07) is 0. The molecule has 4 fully saturated rings. The monoisotopic (exact) mass is 340 g/mol. The van der Waals surface area contributed by atoms with Crippen LogP contribution in [0.2, 0.25) is 0 Å². The maximum absolute atomic E-state index is 12.0. The molecule has 3 heteroatoms. The van der Waals surface area contributed by atoms with E-state index in [1.165, 1.54) is 31.3 Å². The summed E-state index contributed by atoms with van der Waals surface area (Å²) >= 11 is 0. The molecule has 0 aromatic rings. The fourth-order valence-corrected chi connectivity index (χ4v) is 8.04. The molecule has 1 heterocycles. The standard InChI is InChI=1S/C22H28O3/c1-21-7-4-14-13-3-2-12(23)10-15(13)16-11-17(16)20(14)18(21)5-8-22(21)9-6-19(24)25-22/h6,9-10,13-14,16-20,24H,2-5,7-8,11H2,1H3/t13-,14?,16+,17+,18?,19?,20?,21+,22-/m1/s1. The summed E-state index contributed by atoms with van der Waals surface area (Å²) in [5, 5.41) is 9.98. The number of hydrogen-bond donors (Lipinski definition) is 1. The Hall–Kier alpha value is -0.930. The molecular formula is C22H28O3. The lowest BCUT2D eigenvalue weighted by molar-refractivity contribution is -0.181. The topological polar surface area (TPSA) is 46.5 Å². The lowest BCUT2D eigenvalue weighted by Gasteiger charge is -2.55. The van der Waals surface area contributed by atoms with Crippen LogP contribution in [0.15, 0.2) is 23.8 Å². The van der Waals surface area contributed by atoms with E-state index in [-0.39, 0.29) is 11.0 Å². The SMILES string of the molecule is C[C@]12CCC3C(C1CC[C@@]21C=CC(O)O1)[C@H]1C[C@H]1C1=CC(=O)CC[C@@H]13. The summed E-state index contributed by atoms with van der Waals surface area (Å²) in [7, 11) is 0. The van der Waals surface area contributed by atoms with Crippen molar-refractivity contribution in [2.24, 2.45) is 40.9 Å². The van der Waals surface area contributed by atoms with E-state index in [1.807, 2.05) is 12.2 Å².